The monoisotopic (exact) mass is 204 g/mol. The minimum Gasteiger partial charge on any atom is -0.0533 e. The van der Waals surface area contributed by atoms with Crippen molar-refractivity contribution in [3.63, 3.8) is 0 Å². The highest BCUT2D eigenvalue weighted by Gasteiger charge is 2.57. The summed E-state index contributed by atoms with van der Waals surface area (Å²) in [6, 6.07) is 0. The molecule has 0 radical (unpaired) electrons. The van der Waals surface area contributed by atoms with Crippen LogP contribution in [-0.2, 0) is 0 Å². The smallest absolute Gasteiger partial charge is 0.0349 e. The van der Waals surface area contributed by atoms with Gasteiger partial charge in [0, 0.05) is 0 Å². The summed E-state index contributed by atoms with van der Waals surface area (Å²) in [5.41, 5.74) is 0. The minimum atomic E-state index is 1.16. The molecule has 0 aromatic rings. The van der Waals surface area contributed by atoms with E-state index in [2.05, 4.69) is 0 Å². The first-order valence-corrected chi connectivity index (χ1v) is 7.43. The molecule has 0 heteroatoms. The molecule has 4 bridgehead atoms. The molecule has 0 aliphatic heterocycles. The Labute approximate surface area is 93.8 Å². The fourth-order valence-corrected chi connectivity index (χ4v) is 5.99. The van der Waals surface area contributed by atoms with Crippen molar-refractivity contribution in [2.45, 2.75) is 57.8 Å². The molecule has 4 saturated carbocycles. The fourth-order valence-electron chi connectivity index (χ4n) is 5.99. The van der Waals surface area contributed by atoms with Gasteiger partial charge in [0.1, 0.15) is 0 Å². The Hall–Kier alpha value is 0. The van der Waals surface area contributed by atoms with Crippen molar-refractivity contribution < 1.29 is 0 Å². The van der Waals surface area contributed by atoms with Gasteiger partial charge in [-0.1, -0.05) is 32.1 Å². The van der Waals surface area contributed by atoms with Crippen LogP contribution in [-0.4, -0.2) is 0 Å². The summed E-state index contributed by atoms with van der Waals surface area (Å²) in [4.78, 5) is 0. The van der Waals surface area contributed by atoms with E-state index in [1.165, 1.54) is 36.0 Å². The van der Waals surface area contributed by atoms with Gasteiger partial charge < -0.3 is 0 Å². The summed E-state index contributed by atoms with van der Waals surface area (Å²) in [5.74, 6) is 7.17. The summed E-state index contributed by atoms with van der Waals surface area (Å²) < 4.78 is 0. The van der Waals surface area contributed by atoms with Gasteiger partial charge in [0.05, 0.1) is 0 Å². The van der Waals surface area contributed by atoms with Gasteiger partial charge in [-0.2, -0.15) is 0 Å². The molecule has 4 aliphatic rings. The Morgan fingerprint density at radius 3 is 2.00 bits per heavy atom. The van der Waals surface area contributed by atoms with E-state index in [0.29, 0.717) is 0 Å². The van der Waals surface area contributed by atoms with Crippen LogP contribution in [0.5, 0.6) is 0 Å². The molecule has 0 aromatic carbocycles. The molecule has 5 atom stereocenters. The average Bonchev–Trinajstić information content (AvgIpc) is 2.95. The van der Waals surface area contributed by atoms with E-state index in [0.717, 1.165) is 5.92 Å². The van der Waals surface area contributed by atoms with E-state index in [1.54, 1.807) is 51.4 Å². The third-order valence-corrected chi connectivity index (χ3v) is 6.50. The lowest BCUT2D eigenvalue weighted by atomic mass is 9.69. The van der Waals surface area contributed by atoms with E-state index in [-0.39, 0.29) is 0 Å². The summed E-state index contributed by atoms with van der Waals surface area (Å²) >= 11 is 0. The van der Waals surface area contributed by atoms with Crippen molar-refractivity contribution in [1.82, 2.24) is 0 Å². The molecule has 0 heterocycles. The van der Waals surface area contributed by atoms with Gasteiger partial charge in [0.15, 0.2) is 0 Å². The first-order chi connectivity index (χ1) is 7.43. The van der Waals surface area contributed by atoms with E-state index in [9.17, 15) is 0 Å². The van der Waals surface area contributed by atoms with Crippen LogP contribution in [0.2, 0.25) is 0 Å². The molecule has 0 amide bonds. The molecule has 0 saturated heterocycles. The normalized spacial score (nSPS) is 54.0. The number of hydrogen-bond acceptors (Lipinski definition) is 0. The van der Waals surface area contributed by atoms with E-state index >= 15 is 0 Å². The lowest BCUT2D eigenvalue weighted by Gasteiger charge is -2.37. The Morgan fingerprint density at radius 2 is 1.27 bits per heavy atom. The van der Waals surface area contributed by atoms with Gasteiger partial charge in [-0.15, -0.1) is 0 Å². The maximum atomic E-state index is 1.66. The molecule has 4 rings (SSSR count). The first kappa shape index (κ1) is 9.07. The molecule has 4 fully saturated rings. The Bertz CT molecular complexity index is 251. The summed E-state index contributed by atoms with van der Waals surface area (Å²) in [7, 11) is 0. The van der Waals surface area contributed by atoms with Crippen molar-refractivity contribution in [2.75, 3.05) is 0 Å². The molecule has 0 spiro atoms. The molecule has 5 unspecified atom stereocenters. The van der Waals surface area contributed by atoms with Gasteiger partial charge >= 0.3 is 0 Å². The van der Waals surface area contributed by atoms with Gasteiger partial charge in [0.2, 0.25) is 0 Å². The molecule has 15 heavy (non-hydrogen) atoms. The predicted octanol–water partition coefficient (Wildman–Crippen LogP) is 4.25. The van der Waals surface area contributed by atoms with Gasteiger partial charge in [0.25, 0.3) is 0 Å². The first-order valence-electron chi connectivity index (χ1n) is 7.43. The topological polar surface area (TPSA) is 0 Å². The van der Waals surface area contributed by atoms with Crippen molar-refractivity contribution in [2.24, 2.45) is 35.5 Å². The molecule has 84 valence electrons. The quantitative estimate of drug-likeness (QED) is 0.599. The minimum absolute atomic E-state index is 1.16. The summed E-state index contributed by atoms with van der Waals surface area (Å²) in [5, 5.41) is 0. The van der Waals surface area contributed by atoms with Crippen LogP contribution in [0.15, 0.2) is 0 Å². The summed E-state index contributed by atoms with van der Waals surface area (Å²) in [6.07, 6.45) is 14.3. The zero-order valence-electron chi connectivity index (χ0n) is 9.83. The van der Waals surface area contributed by atoms with E-state index < -0.39 is 0 Å². The highest BCUT2D eigenvalue weighted by atomic mass is 14.6. The van der Waals surface area contributed by atoms with Gasteiger partial charge in [-0.3, -0.25) is 0 Å². The van der Waals surface area contributed by atoms with Crippen LogP contribution < -0.4 is 0 Å². The predicted molar refractivity (Wildman–Crippen MR) is 62.5 cm³/mol. The van der Waals surface area contributed by atoms with Crippen LogP contribution >= 0.6 is 0 Å². The molecule has 0 N–H and O–H groups in total. The van der Waals surface area contributed by atoms with Crippen molar-refractivity contribution in [3.05, 3.63) is 0 Å². The molecule has 0 aromatic heterocycles. The molecule has 4 aliphatic carbocycles. The molecule has 0 nitrogen and oxygen atoms in total. The third-order valence-electron chi connectivity index (χ3n) is 6.50. The second-order valence-corrected chi connectivity index (χ2v) is 6.86. The highest BCUT2D eigenvalue weighted by molar-refractivity contribution is 5.06. The van der Waals surface area contributed by atoms with Crippen molar-refractivity contribution >= 4 is 0 Å². The highest BCUT2D eigenvalue weighted by Crippen LogP contribution is 2.65. The van der Waals surface area contributed by atoms with E-state index in [4.69, 9.17) is 0 Å². The third kappa shape index (κ3) is 1.20. The zero-order valence-corrected chi connectivity index (χ0v) is 9.83. The SMILES string of the molecule is C1CCC(C2CC3C4CCC3C2C4)CC1. The lowest BCUT2D eigenvalue weighted by Crippen LogP contribution is -2.27. The van der Waals surface area contributed by atoms with Crippen LogP contribution in [0.25, 0.3) is 0 Å². The fraction of sp³-hybridized carbons (Fsp3) is 1.00. The van der Waals surface area contributed by atoms with Crippen LogP contribution in [0, 0.1) is 35.5 Å². The molecular formula is C15H24. The van der Waals surface area contributed by atoms with Crippen LogP contribution in [0.1, 0.15) is 57.8 Å². The van der Waals surface area contributed by atoms with Crippen molar-refractivity contribution in [3.8, 4) is 0 Å². The number of rotatable bonds is 1. The Kier molecular flexibility index (Phi) is 1.96. The van der Waals surface area contributed by atoms with Crippen LogP contribution in [0.3, 0.4) is 0 Å². The maximum Gasteiger partial charge on any atom is -0.0349 e. The molecular weight excluding hydrogens is 180 g/mol. The zero-order chi connectivity index (χ0) is 9.83. The second-order valence-electron chi connectivity index (χ2n) is 6.86. The largest absolute Gasteiger partial charge is 0.0533 e. The lowest BCUT2D eigenvalue weighted by molar-refractivity contribution is 0.135. The Morgan fingerprint density at radius 1 is 0.467 bits per heavy atom. The summed E-state index contributed by atoms with van der Waals surface area (Å²) in [6.45, 7) is 0. The van der Waals surface area contributed by atoms with Crippen LogP contribution in [0.4, 0.5) is 0 Å². The average molecular weight is 204 g/mol. The Balaban J connectivity index is 1.51. The van der Waals surface area contributed by atoms with Gasteiger partial charge in [-0.05, 0) is 61.2 Å². The standard InChI is InChI=1S/C15H24/c1-2-4-10(5-3-1)13-9-14-11-6-7-12(14)15(13)8-11/h10-15H,1-9H2. The van der Waals surface area contributed by atoms with Crippen molar-refractivity contribution in [1.29, 1.82) is 0 Å². The van der Waals surface area contributed by atoms with Gasteiger partial charge in [-0.25, -0.2) is 0 Å². The van der Waals surface area contributed by atoms with E-state index in [1.807, 2.05) is 0 Å². The maximum absolute atomic E-state index is 1.66. The second kappa shape index (κ2) is 3.25. The number of hydrogen-bond donors (Lipinski definition) is 0.